The maximum absolute atomic E-state index is 12.8. The standard InChI is InChI=1S/C17H27N3O5S/c1-12(2)16(19-5-7-25-8-6-19)11-18-26(23,24)17-10-15(20(21)22)9-13(3)14(17)4/h9-10,12,16,18H,5-8,11H2,1-4H3/t16-/m1/s1. The van der Waals surface area contributed by atoms with Gasteiger partial charge in [-0.25, -0.2) is 13.1 Å². The molecule has 2 rings (SSSR count). The highest BCUT2D eigenvalue weighted by Crippen LogP contribution is 2.25. The highest BCUT2D eigenvalue weighted by Gasteiger charge is 2.27. The van der Waals surface area contributed by atoms with Crippen molar-refractivity contribution < 1.29 is 18.1 Å². The Morgan fingerprint density at radius 2 is 1.88 bits per heavy atom. The minimum Gasteiger partial charge on any atom is -0.379 e. The highest BCUT2D eigenvalue weighted by molar-refractivity contribution is 7.89. The first kappa shape index (κ1) is 20.8. The van der Waals surface area contributed by atoms with Gasteiger partial charge in [-0.05, 0) is 30.9 Å². The quantitative estimate of drug-likeness (QED) is 0.568. The molecule has 0 amide bonds. The Bertz CT molecular complexity index is 758. The molecule has 1 aliphatic rings. The molecule has 0 spiro atoms. The van der Waals surface area contributed by atoms with Crippen molar-refractivity contribution in [2.24, 2.45) is 5.92 Å². The molecule has 0 aliphatic carbocycles. The first-order valence-corrected chi connectivity index (χ1v) is 10.2. The summed E-state index contributed by atoms with van der Waals surface area (Å²) in [5, 5.41) is 11.1. The Morgan fingerprint density at radius 3 is 2.42 bits per heavy atom. The molecule has 0 radical (unpaired) electrons. The Hall–Kier alpha value is -1.55. The van der Waals surface area contributed by atoms with Crippen molar-refractivity contribution in [1.29, 1.82) is 0 Å². The van der Waals surface area contributed by atoms with E-state index in [1.165, 1.54) is 6.07 Å². The molecule has 146 valence electrons. The SMILES string of the molecule is Cc1cc([N+](=O)[O-])cc(S(=O)(=O)NC[C@H](C(C)C)N2CCOCC2)c1C. The van der Waals surface area contributed by atoms with Crippen LogP contribution in [0.1, 0.15) is 25.0 Å². The van der Waals surface area contributed by atoms with Crippen molar-refractivity contribution in [1.82, 2.24) is 9.62 Å². The van der Waals surface area contributed by atoms with Crippen LogP contribution in [0.2, 0.25) is 0 Å². The van der Waals surface area contributed by atoms with Gasteiger partial charge in [0.25, 0.3) is 5.69 Å². The number of rotatable bonds is 7. The van der Waals surface area contributed by atoms with E-state index >= 15 is 0 Å². The highest BCUT2D eigenvalue weighted by atomic mass is 32.2. The number of morpholine rings is 1. The Labute approximate surface area is 154 Å². The molecule has 1 heterocycles. The van der Waals surface area contributed by atoms with Gasteiger partial charge < -0.3 is 4.74 Å². The number of benzene rings is 1. The van der Waals surface area contributed by atoms with Gasteiger partial charge in [0, 0.05) is 37.8 Å². The molecule has 1 aromatic carbocycles. The fourth-order valence-corrected chi connectivity index (χ4v) is 4.55. The average molecular weight is 385 g/mol. The number of hydrogen-bond donors (Lipinski definition) is 1. The maximum Gasteiger partial charge on any atom is 0.271 e. The van der Waals surface area contributed by atoms with Gasteiger partial charge in [-0.3, -0.25) is 15.0 Å². The smallest absolute Gasteiger partial charge is 0.271 e. The van der Waals surface area contributed by atoms with Gasteiger partial charge in [0.2, 0.25) is 10.0 Å². The normalized spacial score (nSPS) is 17.4. The summed E-state index contributed by atoms with van der Waals surface area (Å²) in [6.45, 7) is 10.5. The lowest BCUT2D eigenvalue weighted by atomic mass is 10.0. The number of non-ortho nitro benzene ring substituents is 1. The van der Waals surface area contributed by atoms with Crippen molar-refractivity contribution in [2.45, 2.75) is 38.6 Å². The van der Waals surface area contributed by atoms with Crippen molar-refractivity contribution in [3.63, 3.8) is 0 Å². The van der Waals surface area contributed by atoms with Gasteiger partial charge in [-0.15, -0.1) is 0 Å². The monoisotopic (exact) mass is 385 g/mol. The second-order valence-corrected chi connectivity index (χ2v) is 8.69. The third kappa shape index (κ3) is 4.79. The molecule has 1 N–H and O–H groups in total. The van der Waals surface area contributed by atoms with E-state index in [4.69, 9.17) is 4.74 Å². The van der Waals surface area contributed by atoms with Crippen LogP contribution in [0.25, 0.3) is 0 Å². The number of ether oxygens (including phenoxy) is 1. The molecule has 1 saturated heterocycles. The summed E-state index contributed by atoms with van der Waals surface area (Å²) in [7, 11) is -3.85. The first-order chi connectivity index (χ1) is 12.1. The summed E-state index contributed by atoms with van der Waals surface area (Å²) in [5.41, 5.74) is 0.880. The first-order valence-electron chi connectivity index (χ1n) is 8.70. The molecule has 26 heavy (non-hydrogen) atoms. The third-order valence-electron chi connectivity index (χ3n) is 4.87. The second kappa shape index (κ2) is 8.43. The molecule has 9 heteroatoms. The summed E-state index contributed by atoms with van der Waals surface area (Å²) in [4.78, 5) is 12.7. The molecule has 1 atom stereocenters. The largest absolute Gasteiger partial charge is 0.379 e. The predicted octanol–water partition coefficient (Wildman–Crippen LogP) is 1.85. The maximum atomic E-state index is 12.8. The van der Waals surface area contributed by atoms with Gasteiger partial charge in [0.1, 0.15) is 0 Å². The number of nitrogens with zero attached hydrogens (tertiary/aromatic N) is 2. The van der Waals surface area contributed by atoms with E-state index in [0.29, 0.717) is 24.3 Å². The molecule has 1 aliphatic heterocycles. The number of hydrogen-bond acceptors (Lipinski definition) is 6. The molecule has 0 unspecified atom stereocenters. The van der Waals surface area contributed by atoms with Crippen LogP contribution >= 0.6 is 0 Å². The Morgan fingerprint density at radius 1 is 1.27 bits per heavy atom. The molecule has 0 aromatic heterocycles. The van der Waals surface area contributed by atoms with Gasteiger partial charge in [-0.2, -0.15) is 0 Å². The molecule has 0 saturated carbocycles. The number of nitro benzene ring substituents is 1. The van der Waals surface area contributed by atoms with Crippen molar-refractivity contribution in [3.8, 4) is 0 Å². The number of nitro groups is 1. The van der Waals surface area contributed by atoms with Crippen LogP contribution in [0.5, 0.6) is 0 Å². The number of aryl methyl sites for hydroxylation is 1. The molecule has 1 fully saturated rings. The molecular weight excluding hydrogens is 358 g/mol. The number of nitrogens with one attached hydrogen (secondary N) is 1. The van der Waals surface area contributed by atoms with Gasteiger partial charge in [-0.1, -0.05) is 13.8 Å². The summed E-state index contributed by atoms with van der Waals surface area (Å²) in [6, 6.07) is 2.55. The van der Waals surface area contributed by atoms with Crippen LogP contribution in [0.4, 0.5) is 5.69 Å². The van der Waals surface area contributed by atoms with Crippen LogP contribution in [0.15, 0.2) is 17.0 Å². The summed E-state index contributed by atoms with van der Waals surface area (Å²) in [6.07, 6.45) is 0. The van der Waals surface area contributed by atoms with E-state index in [2.05, 4.69) is 23.5 Å². The van der Waals surface area contributed by atoms with E-state index in [1.807, 2.05) is 0 Å². The van der Waals surface area contributed by atoms with Crippen LogP contribution in [-0.4, -0.2) is 57.1 Å². The van der Waals surface area contributed by atoms with Crippen LogP contribution in [-0.2, 0) is 14.8 Å². The Balaban J connectivity index is 2.23. The van der Waals surface area contributed by atoms with Gasteiger partial charge in [0.05, 0.1) is 23.0 Å². The number of sulfonamides is 1. The van der Waals surface area contributed by atoms with Crippen molar-refractivity contribution in [2.75, 3.05) is 32.8 Å². The lowest BCUT2D eigenvalue weighted by molar-refractivity contribution is -0.385. The van der Waals surface area contributed by atoms with Crippen LogP contribution < -0.4 is 4.72 Å². The zero-order valence-electron chi connectivity index (χ0n) is 15.7. The fourth-order valence-electron chi connectivity index (χ4n) is 3.16. The molecule has 8 nitrogen and oxygen atoms in total. The van der Waals surface area contributed by atoms with E-state index < -0.39 is 14.9 Å². The topological polar surface area (TPSA) is 102 Å². The lowest BCUT2D eigenvalue weighted by Crippen LogP contribution is -2.51. The summed E-state index contributed by atoms with van der Waals surface area (Å²) < 4.78 is 33.6. The zero-order chi connectivity index (χ0) is 19.5. The molecular formula is C17H27N3O5S. The van der Waals surface area contributed by atoms with E-state index in [1.54, 1.807) is 13.8 Å². The van der Waals surface area contributed by atoms with Crippen LogP contribution in [0, 0.1) is 29.9 Å². The van der Waals surface area contributed by atoms with E-state index in [9.17, 15) is 18.5 Å². The van der Waals surface area contributed by atoms with E-state index in [0.717, 1.165) is 19.2 Å². The Kier molecular flexibility index (Phi) is 6.73. The minimum atomic E-state index is -3.85. The predicted molar refractivity (Wildman–Crippen MR) is 98.8 cm³/mol. The fraction of sp³-hybridized carbons (Fsp3) is 0.647. The summed E-state index contributed by atoms with van der Waals surface area (Å²) in [5.74, 6) is 0.253. The molecule has 1 aromatic rings. The summed E-state index contributed by atoms with van der Waals surface area (Å²) >= 11 is 0. The lowest BCUT2D eigenvalue weighted by Gasteiger charge is -2.36. The van der Waals surface area contributed by atoms with Gasteiger partial charge >= 0.3 is 0 Å². The minimum absolute atomic E-state index is 0.0336. The van der Waals surface area contributed by atoms with Crippen molar-refractivity contribution >= 4 is 15.7 Å². The second-order valence-electron chi connectivity index (χ2n) is 6.95. The third-order valence-corrected chi connectivity index (χ3v) is 6.42. The van der Waals surface area contributed by atoms with Crippen LogP contribution in [0.3, 0.4) is 0 Å². The average Bonchev–Trinajstić information content (AvgIpc) is 2.57. The van der Waals surface area contributed by atoms with E-state index in [-0.39, 0.29) is 29.1 Å². The molecule has 0 bridgehead atoms. The van der Waals surface area contributed by atoms with Gasteiger partial charge in [0.15, 0.2) is 0 Å². The van der Waals surface area contributed by atoms with Crippen molar-refractivity contribution in [3.05, 3.63) is 33.4 Å². The zero-order valence-corrected chi connectivity index (χ0v) is 16.5.